The van der Waals surface area contributed by atoms with E-state index < -0.39 is 0 Å². The molecule has 2 heterocycles. The molecule has 0 saturated carbocycles. The van der Waals surface area contributed by atoms with Crippen molar-refractivity contribution in [3.63, 3.8) is 0 Å². The van der Waals surface area contributed by atoms with E-state index in [2.05, 4.69) is 13.0 Å². The van der Waals surface area contributed by atoms with Gasteiger partial charge in [0.15, 0.2) is 11.5 Å². The SMILES string of the molecule is CCCCCOc1cc(CN2CCCN(Cc3cccc4c3ccn4CC(=O)N(C)C)C2=O)ccc1OC. The van der Waals surface area contributed by atoms with Crippen molar-refractivity contribution >= 4 is 22.8 Å². The minimum Gasteiger partial charge on any atom is -0.493 e. The van der Waals surface area contributed by atoms with Gasteiger partial charge in [-0.3, -0.25) is 4.79 Å². The molecule has 0 atom stereocenters. The molecule has 8 heteroatoms. The van der Waals surface area contributed by atoms with Crippen LogP contribution in [0.1, 0.15) is 43.7 Å². The molecule has 1 fully saturated rings. The number of urea groups is 1. The van der Waals surface area contributed by atoms with Gasteiger partial charge in [0, 0.05) is 57.4 Å². The number of hydrogen-bond acceptors (Lipinski definition) is 4. The predicted octanol–water partition coefficient (Wildman–Crippen LogP) is 5.14. The van der Waals surface area contributed by atoms with Gasteiger partial charge in [0.05, 0.1) is 13.7 Å². The van der Waals surface area contributed by atoms with Crippen molar-refractivity contribution in [3.05, 3.63) is 59.8 Å². The zero-order valence-corrected chi connectivity index (χ0v) is 23.1. The fourth-order valence-electron chi connectivity index (χ4n) is 4.88. The number of rotatable bonds is 12. The Labute approximate surface area is 225 Å². The fraction of sp³-hybridized carbons (Fsp3) is 0.467. The minimum absolute atomic E-state index is 0.0386. The molecule has 1 aliphatic rings. The summed E-state index contributed by atoms with van der Waals surface area (Å²) in [6.07, 6.45) is 6.14. The van der Waals surface area contributed by atoms with E-state index in [1.54, 1.807) is 26.1 Å². The highest BCUT2D eigenvalue weighted by molar-refractivity contribution is 5.86. The van der Waals surface area contributed by atoms with Crippen molar-refractivity contribution in [3.8, 4) is 11.5 Å². The molecule has 1 aliphatic heterocycles. The van der Waals surface area contributed by atoms with Crippen LogP contribution in [0.25, 0.3) is 10.9 Å². The molecule has 38 heavy (non-hydrogen) atoms. The van der Waals surface area contributed by atoms with Crippen LogP contribution in [0.3, 0.4) is 0 Å². The van der Waals surface area contributed by atoms with Crippen molar-refractivity contribution in [2.45, 2.75) is 52.2 Å². The van der Waals surface area contributed by atoms with E-state index in [1.807, 2.05) is 57.0 Å². The number of likely N-dealkylation sites (N-methyl/N-ethyl adjacent to an activating group) is 1. The lowest BCUT2D eigenvalue weighted by Gasteiger charge is -2.36. The molecular weight excluding hydrogens is 480 g/mol. The number of fused-ring (bicyclic) bond motifs is 1. The van der Waals surface area contributed by atoms with Gasteiger partial charge in [-0.1, -0.05) is 38.0 Å². The van der Waals surface area contributed by atoms with E-state index in [-0.39, 0.29) is 11.9 Å². The summed E-state index contributed by atoms with van der Waals surface area (Å²) in [5.41, 5.74) is 3.11. The molecule has 1 saturated heterocycles. The van der Waals surface area contributed by atoms with Crippen LogP contribution in [-0.2, 0) is 24.4 Å². The zero-order chi connectivity index (χ0) is 27.1. The van der Waals surface area contributed by atoms with Crippen molar-refractivity contribution in [1.82, 2.24) is 19.3 Å². The zero-order valence-electron chi connectivity index (χ0n) is 23.1. The molecule has 204 valence electrons. The van der Waals surface area contributed by atoms with Gasteiger partial charge in [-0.2, -0.15) is 0 Å². The molecule has 0 N–H and O–H groups in total. The first-order valence-corrected chi connectivity index (χ1v) is 13.5. The number of amides is 3. The van der Waals surface area contributed by atoms with Crippen LogP contribution in [0.2, 0.25) is 0 Å². The lowest BCUT2D eigenvalue weighted by molar-refractivity contribution is -0.129. The second-order valence-corrected chi connectivity index (χ2v) is 10.1. The van der Waals surface area contributed by atoms with Gasteiger partial charge in [-0.05, 0) is 48.2 Å². The highest BCUT2D eigenvalue weighted by Crippen LogP contribution is 2.30. The largest absolute Gasteiger partial charge is 0.493 e. The number of hydrogen-bond donors (Lipinski definition) is 0. The van der Waals surface area contributed by atoms with Crippen molar-refractivity contribution in [2.75, 3.05) is 40.9 Å². The van der Waals surface area contributed by atoms with Crippen LogP contribution in [0.4, 0.5) is 4.79 Å². The summed E-state index contributed by atoms with van der Waals surface area (Å²) in [6.45, 7) is 5.63. The molecular formula is C30H40N4O4. The summed E-state index contributed by atoms with van der Waals surface area (Å²) in [4.78, 5) is 31.2. The Balaban J connectivity index is 1.45. The second-order valence-electron chi connectivity index (χ2n) is 10.1. The number of ether oxygens (including phenoxy) is 2. The summed E-state index contributed by atoms with van der Waals surface area (Å²) in [6, 6.07) is 14.1. The van der Waals surface area contributed by atoms with Gasteiger partial charge in [0.2, 0.25) is 5.91 Å². The van der Waals surface area contributed by atoms with E-state index in [4.69, 9.17) is 9.47 Å². The molecule has 0 bridgehead atoms. The Morgan fingerprint density at radius 2 is 1.79 bits per heavy atom. The third-order valence-corrected chi connectivity index (χ3v) is 7.07. The molecule has 0 spiro atoms. The van der Waals surface area contributed by atoms with Crippen molar-refractivity contribution in [1.29, 1.82) is 0 Å². The van der Waals surface area contributed by atoms with Crippen LogP contribution in [0.5, 0.6) is 11.5 Å². The lowest BCUT2D eigenvalue weighted by atomic mass is 10.1. The third kappa shape index (κ3) is 6.41. The maximum atomic E-state index is 13.5. The molecule has 3 amide bonds. The summed E-state index contributed by atoms with van der Waals surface area (Å²) < 4.78 is 13.5. The number of methoxy groups -OCH3 is 1. The van der Waals surface area contributed by atoms with Gasteiger partial charge >= 0.3 is 6.03 Å². The van der Waals surface area contributed by atoms with Gasteiger partial charge in [-0.25, -0.2) is 4.79 Å². The van der Waals surface area contributed by atoms with Crippen LogP contribution >= 0.6 is 0 Å². The summed E-state index contributed by atoms with van der Waals surface area (Å²) in [5.74, 6) is 1.48. The monoisotopic (exact) mass is 520 g/mol. The maximum absolute atomic E-state index is 13.5. The van der Waals surface area contributed by atoms with E-state index >= 15 is 0 Å². The number of carbonyl (C=O) groups excluding carboxylic acids is 2. The van der Waals surface area contributed by atoms with E-state index in [9.17, 15) is 9.59 Å². The van der Waals surface area contributed by atoms with Gasteiger partial charge in [0.25, 0.3) is 0 Å². The highest BCUT2D eigenvalue weighted by atomic mass is 16.5. The molecule has 8 nitrogen and oxygen atoms in total. The van der Waals surface area contributed by atoms with Crippen molar-refractivity contribution in [2.24, 2.45) is 0 Å². The van der Waals surface area contributed by atoms with Crippen LogP contribution < -0.4 is 9.47 Å². The van der Waals surface area contributed by atoms with E-state index in [1.165, 1.54) is 0 Å². The standard InChI is InChI=1S/C30H40N4O4/c1-5-6-7-18-38-28-19-23(12-13-27(28)37-4)20-33-15-9-16-34(30(33)36)21-24-10-8-11-26-25(24)14-17-32(26)22-29(35)31(2)3/h8,10-14,17,19H,5-7,9,15-16,18,20-22H2,1-4H3. The van der Waals surface area contributed by atoms with Crippen LogP contribution in [-0.4, -0.2) is 72.1 Å². The van der Waals surface area contributed by atoms with E-state index in [0.717, 1.165) is 66.6 Å². The van der Waals surface area contributed by atoms with Gasteiger partial charge in [-0.15, -0.1) is 0 Å². The van der Waals surface area contributed by atoms with Gasteiger partial charge in [0.1, 0.15) is 6.54 Å². The quantitative estimate of drug-likeness (QED) is 0.310. The highest BCUT2D eigenvalue weighted by Gasteiger charge is 2.26. The summed E-state index contributed by atoms with van der Waals surface area (Å²) in [5, 5.41) is 1.07. The topological polar surface area (TPSA) is 67.2 Å². The smallest absolute Gasteiger partial charge is 0.320 e. The first-order valence-electron chi connectivity index (χ1n) is 13.5. The number of nitrogens with zero attached hydrogens (tertiary/aromatic N) is 4. The third-order valence-electron chi connectivity index (χ3n) is 7.07. The lowest BCUT2D eigenvalue weighted by Crippen LogP contribution is -2.48. The predicted molar refractivity (Wildman–Crippen MR) is 149 cm³/mol. The summed E-state index contributed by atoms with van der Waals surface area (Å²) in [7, 11) is 5.18. The Bertz CT molecular complexity index is 1250. The van der Waals surface area contributed by atoms with Gasteiger partial charge < -0.3 is 28.7 Å². The minimum atomic E-state index is 0.0386. The normalized spacial score (nSPS) is 13.7. The first-order chi connectivity index (χ1) is 18.4. The molecule has 0 radical (unpaired) electrons. The van der Waals surface area contributed by atoms with Crippen LogP contribution in [0.15, 0.2) is 48.7 Å². The fourth-order valence-corrected chi connectivity index (χ4v) is 4.88. The summed E-state index contributed by atoms with van der Waals surface area (Å²) >= 11 is 0. The van der Waals surface area contributed by atoms with E-state index in [0.29, 0.717) is 32.0 Å². The average molecular weight is 521 g/mol. The first kappa shape index (κ1) is 27.4. The Kier molecular flexibility index (Phi) is 9.15. The number of unbranched alkanes of at least 4 members (excludes halogenated alkanes) is 2. The number of aromatic nitrogens is 1. The molecule has 2 aromatic carbocycles. The molecule has 1 aromatic heterocycles. The average Bonchev–Trinajstić information content (AvgIpc) is 3.32. The molecule has 0 unspecified atom stereocenters. The number of carbonyl (C=O) groups is 2. The van der Waals surface area contributed by atoms with Crippen LogP contribution in [0, 0.1) is 0 Å². The maximum Gasteiger partial charge on any atom is 0.320 e. The second kappa shape index (κ2) is 12.7. The molecule has 0 aliphatic carbocycles. The van der Waals surface area contributed by atoms with Crippen molar-refractivity contribution < 1.29 is 19.1 Å². The molecule has 4 rings (SSSR count). The Morgan fingerprint density at radius 1 is 1.00 bits per heavy atom. The number of benzene rings is 2. The molecule has 3 aromatic rings. The Morgan fingerprint density at radius 3 is 2.53 bits per heavy atom. The Hall–Kier alpha value is -3.68.